The Morgan fingerprint density at radius 1 is 1.12 bits per heavy atom. The highest BCUT2D eigenvalue weighted by Crippen LogP contribution is 2.47. The van der Waals surface area contributed by atoms with Gasteiger partial charge in [-0.25, -0.2) is 0 Å². The van der Waals surface area contributed by atoms with Gasteiger partial charge in [0.05, 0.1) is 0 Å². The van der Waals surface area contributed by atoms with Gasteiger partial charge in [0.15, 0.2) is 0 Å². The van der Waals surface area contributed by atoms with Gasteiger partial charge in [0.2, 0.25) is 0 Å². The van der Waals surface area contributed by atoms with Crippen LogP contribution in [0.3, 0.4) is 0 Å². The number of rotatable bonds is 8. The van der Waals surface area contributed by atoms with Crippen LogP contribution in [0.4, 0.5) is 0 Å². The molecule has 0 spiro atoms. The molecule has 0 aliphatic heterocycles. The van der Waals surface area contributed by atoms with Crippen LogP contribution in [-0.4, -0.2) is 12.6 Å². The second-order valence-electron chi connectivity index (χ2n) is 6.42. The summed E-state index contributed by atoms with van der Waals surface area (Å²) in [5.74, 6) is 0.843. The number of hydrogen-bond acceptors (Lipinski definition) is 1. The fourth-order valence-corrected chi connectivity index (χ4v) is 3.87. The molecule has 1 N–H and O–H groups in total. The quantitative estimate of drug-likeness (QED) is 0.644. The summed E-state index contributed by atoms with van der Waals surface area (Å²) < 4.78 is 0. The third kappa shape index (κ3) is 4.28. The van der Waals surface area contributed by atoms with Gasteiger partial charge < -0.3 is 5.32 Å². The first-order valence-corrected chi connectivity index (χ1v) is 7.88. The van der Waals surface area contributed by atoms with E-state index < -0.39 is 0 Å². The highest BCUT2D eigenvalue weighted by molar-refractivity contribution is 4.95. The van der Waals surface area contributed by atoms with E-state index in [2.05, 4.69) is 33.0 Å². The molecule has 0 aromatic rings. The van der Waals surface area contributed by atoms with Gasteiger partial charge >= 0.3 is 0 Å². The van der Waals surface area contributed by atoms with E-state index in [1.54, 1.807) is 0 Å². The van der Waals surface area contributed by atoms with Crippen LogP contribution in [-0.2, 0) is 0 Å². The summed E-state index contributed by atoms with van der Waals surface area (Å²) in [7, 11) is 0. The lowest BCUT2D eigenvalue weighted by molar-refractivity contribution is 0.147. The molecule has 1 fully saturated rings. The first-order valence-electron chi connectivity index (χ1n) is 7.88. The Balaban J connectivity index is 2.68. The van der Waals surface area contributed by atoms with Crippen molar-refractivity contribution in [2.45, 2.75) is 85.1 Å². The normalized spacial score (nSPS) is 21.0. The maximum absolute atomic E-state index is 3.81. The van der Waals surface area contributed by atoms with E-state index >= 15 is 0 Å². The molecule has 1 atom stereocenters. The monoisotopic (exact) mass is 239 g/mol. The molecule has 1 aliphatic rings. The van der Waals surface area contributed by atoms with Crippen molar-refractivity contribution < 1.29 is 0 Å². The van der Waals surface area contributed by atoms with Crippen molar-refractivity contribution in [3.63, 3.8) is 0 Å². The lowest BCUT2D eigenvalue weighted by atomic mass is 9.71. The summed E-state index contributed by atoms with van der Waals surface area (Å²) in [6.45, 7) is 10.5. The molecule has 1 nitrogen and oxygen atoms in total. The van der Waals surface area contributed by atoms with Crippen molar-refractivity contribution in [3.8, 4) is 0 Å². The molecule has 0 radical (unpaired) electrons. The van der Waals surface area contributed by atoms with Crippen LogP contribution < -0.4 is 5.32 Å². The molecular formula is C16H33N. The fourth-order valence-electron chi connectivity index (χ4n) is 3.87. The van der Waals surface area contributed by atoms with Crippen molar-refractivity contribution in [3.05, 3.63) is 0 Å². The molecule has 0 aromatic carbocycles. The molecule has 1 saturated carbocycles. The topological polar surface area (TPSA) is 12.0 Å². The highest BCUT2D eigenvalue weighted by Gasteiger charge is 2.40. The predicted molar refractivity (Wildman–Crippen MR) is 77.3 cm³/mol. The van der Waals surface area contributed by atoms with Crippen molar-refractivity contribution >= 4 is 0 Å². The zero-order valence-corrected chi connectivity index (χ0v) is 12.5. The molecule has 1 unspecified atom stereocenters. The summed E-state index contributed by atoms with van der Waals surface area (Å²) in [5, 5.41) is 3.81. The predicted octanol–water partition coefficient (Wildman–Crippen LogP) is 4.76. The van der Waals surface area contributed by atoms with Crippen LogP contribution in [0.25, 0.3) is 0 Å². The van der Waals surface area contributed by atoms with Crippen LogP contribution in [0.15, 0.2) is 0 Å². The van der Waals surface area contributed by atoms with Crippen LogP contribution >= 0.6 is 0 Å². The molecule has 0 amide bonds. The summed E-state index contributed by atoms with van der Waals surface area (Å²) in [4.78, 5) is 0. The third-order valence-corrected chi connectivity index (χ3v) is 4.45. The molecule has 17 heavy (non-hydrogen) atoms. The van der Waals surface area contributed by atoms with Gasteiger partial charge in [-0.15, -0.1) is 0 Å². The second-order valence-corrected chi connectivity index (χ2v) is 6.42. The minimum atomic E-state index is 0.624. The van der Waals surface area contributed by atoms with E-state index in [1.807, 2.05) is 0 Å². The smallest absolute Gasteiger partial charge is 0.0123 e. The van der Waals surface area contributed by atoms with Crippen molar-refractivity contribution in [1.82, 2.24) is 5.32 Å². The summed E-state index contributed by atoms with van der Waals surface area (Å²) >= 11 is 0. The van der Waals surface area contributed by atoms with Gasteiger partial charge in [0, 0.05) is 6.04 Å². The van der Waals surface area contributed by atoms with E-state index in [4.69, 9.17) is 0 Å². The minimum Gasteiger partial charge on any atom is -0.314 e. The molecule has 0 aromatic heterocycles. The molecular weight excluding hydrogens is 206 g/mol. The van der Waals surface area contributed by atoms with Crippen molar-refractivity contribution in [2.75, 3.05) is 6.54 Å². The van der Waals surface area contributed by atoms with E-state index in [-0.39, 0.29) is 0 Å². The Labute approximate surface area is 109 Å². The van der Waals surface area contributed by atoms with E-state index in [1.165, 1.54) is 51.4 Å². The average molecular weight is 239 g/mol. The minimum absolute atomic E-state index is 0.624. The molecule has 1 aliphatic carbocycles. The Bertz CT molecular complexity index is 192. The number of nitrogens with one attached hydrogen (secondary N) is 1. The van der Waals surface area contributed by atoms with Gasteiger partial charge in [0.25, 0.3) is 0 Å². The van der Waals surface area contributed by atoms with Crippen LogP contribution in [0.5, 0.6) is 0 Å². The Morgan fingerprint density at radius 3 is 2.24 bits per heavy atom. The van der Waals surface area contributed by atoms with E-state index in [0.29, 0.717) is 5.41 Å². The first kappa shape index (κ1) is 15.0. The first-order chi connectivity index (χ1) is 8.14. The number of hydrogen-bond donors (Lipinski definition) is 1. The van der Waals surface area contributed by atoms with Crippen LogP contribution in [0.2, 0.25) is 0 Å². The van der Waals surface area contributed by atoms with Gasteiger partial charge in [0.1, 0.15) is 0 Å². The Morgan fingerprint density at radius 2 is 1.76 bits per heavy atom. The highest BCUT2D eigenvalue weighted by atomic mass is 14.9. The van der Waals surface area contributed by atoms with Gasteiger partial charge in [-0.3, -0.25) is 0 Å². The Kier molecular flexibility index (Phi) is 6.54. The third-order valence-electron chi connectivity index (χ3n) is 4.45. The second kappa shape index (κ2) is 7.41. The summed E-state index contributed by atoms with van der Waals surface area (Å²) in [5.41, 5.74) is 0.624. The average Bonchev–Trinajstić information content (AvgIpc) is 2.72. The van der Waals surface area contributed by atoms with Gasteiger partial charge in [-0.05, 0) is 43.6 Å². The molecule has 0 bridgehead atoms. The maximum Gasteiger partial charge on any atom is 0.0123 e. The van der Waals surface area contributed by atoms with E-state index in [0.717, 1.165) is 18.5 Å². The number of unbranched alkanes of at least 4 members (excludes halogenated alkanes) is 1. The standard InChI is InChI=1S/C16H33N/c1-5-7-10-15(17-6-2)16(13-14(3)4)11-8-9-12-16/h14-15,17H,5-13H2,1-4H3. The van der Waals surface area contributed by atoms with Crippen molar-refractivity contribution in [1.29, 1.82) is 0 Å². The van der Waals surface area contributed by atoms with Gasteiger partial charge in [-0.1, -0.05) is 53.4 Å². The largest absolute Gasteiger partial charge is 0.314 e. The van der Waals surface area contributed by atoms with E-state index in [9.17, 15) is 0 Å². The SMILES string of the molecule is CCCCC(NCC)C1(CC(C)C)CCCC1. The van der Waals surface area contributed by atoms with Crippen molar-refractivity contribution in [2.24, 2.45) is 11.3 Å². The summed E-state index contributed by atoms with van der Waals surface area (Å²) in [6, 6.07) is 0.775. The molecule has 1 heteroatoms. The van der Waals surface area contributed by atoms with Gasteiger partial charge in [-0.2, -0.15) is 0 Å². The summed E-state index contributed by atoms with van der Waals surface area (Å²) in [6.07, 6.45) is 11.4. The lowest BCUT2D eigenvalue weighted by Crippen LogP contribution is -2.44. The fraction of sp³-hybridized carbons (Fsp3) is 1.00. The van der Waals surface area contributed by atoms with Crippen LogP contribution in [0, 0.1) is 11.3 Å². The molecule has 0 heterocycles. The Hall–Kier alpha value is -0.0400. The molecule has 0 saturated heterocycles. The molecule has 102 valence electrons. The zero-order chi connectivity index (χ0) is 12.7. The molecule has 1 rings (SSSR count). The van der Waals surface area contributed by atoms with Crippen LogP contribution in [0.1, 0.15) is 79.1 Å². The lowest BCUT2D eigenvalue weighted by Gasteiger charge is -2.40. The maximum atomic E-state index is 3.81. The zero-order valence-electron chi connectivity index (χ0n) is 12.5.